The summed E-state index contributed by atoms with van der Waals surface area (Å²) in [6.45, 7) is 4.57. The second-order valence-corrected chi connectivity index (χ2v) is 5.68. The predicted molar refractivity (Wildman–Crippen MR) is 95.1 cm³/mol. The molecule has 0 saturated heterocycles. The highest BCUT2D eigenvalue weighted by Crippen LogP contribution is 2.11. The second-order valence-electron chi connectivity index (χ2n) is 5.68. The van der Waals surface area contributed by atoms with Gasteiger partial charge in [0.1, 0.15) is 12.4 Å². The summed E-state index contributed by atoms with van der Waals surface area (Å²) in [7, 11) is 0. The van der Waals surface area contributed by atoms with E-state index in [1.165, 1.54) is 10.4 Å². The van der Waals surface area contributed by atoms with Gasteiger partial charge < -0.3 is 10.1 Å². The van der Waals surface area contributed by atoms with E-state index >= 15 is 0 Å². The molecule has 0 fully saturated rings. The van der Waals surface area contributed by atoms with Crippen molar-refractivity contribution < 1.29 is 9.53 Å². The molecule has 0 spiro atoms. The van der Waals surface area contributed by atoms with Crippen LogP contribution in [0.4, 0.5) is 0 Å². The van der Waals surface area contributed by atoms with Crippen LogP contribution in [0.1, 0.15) is 21.7 Å². The van der Waals surface area contributed by atoms with E-state index in [4.69, 9.17) is 4.74 Å². The van der Waals surface area contributed by atoms with Crippen LogP contribution in [0.3, 0.4) is 0 Å². The Morgan fingerprint density at radius 3 is 2.48 bits per heavy atom. The number of ether oxygens (including phenoxy) is 1. The number of aromatic nitrogens is 3. The molecule has 0 radical (unpaired) electrons. The van der Waals surface area contributed by atoms with Crippen LogP contribution >= 0.6 is 0 Å². The van der Waals surface area contributed by atoms with Gasteiger partial charge in [0.15, 0.2) is 5.69 Å². The zero-order valence-electron chi connectivity index (χ0n) is 14.3. The van der Waals surface area contributed by atoms with Crippen molar-refractivity contribution in [1.82, 2.24) is 20.3 Å². The number of carbonyl (C=O) groups excluding carboxylic acids is 1. The zero-order valence-corrected chi connectivity index (χ0v) is 14.3. The molecule has 0 aliphatic carbocycles. The molecule has 1 amide bonds. The molecule has 1 heterocycles. The number of nitrogens with zero attached hydrogens (tertiary/aromatic N) is 3. The maximum atomic E-state index is 12.3. The van der Waals surface area contributed by atoms with E-state index in [1.807, 2.05) is 61.5 Å². The quantitative estimate of drug-likeness (QED) is 0.703. The number of carbonyl (C=O) groups is 1. The van der Waals surface area contributed by atoms with Crippen molar-refractivity contribution in [2.24, 2.45) is 0 Å². The number of benzene rings is 2. The Labute approximate surface area is 146 Å². The van der Waals surface area contributed by atoms with Crippen molar-refractivity contribution in [3.8, 4) is 11.4 Å². The first kappa shape index (κ1) is 16.7. The van der Waals surface area contributed by atoms with Gasteiger partial charge in [-0.2, -0.15) is 9.90 Å². The van der Waals surface area contributed by atoms with Crippen molar-refractivity contribution in [2.45, 2.75) is 13.8 Å². The van der Waals surface area contributed by atoms with Gasteiger partial charge in [0.05, 0.1) is 17.9 Å². The Balaban J connectivity index is 1.55. The largest absolute Gasteiger partial charge is 0.492 e. The lowest BCUT2D eigenvalue weighted by Crippen LogP contribution is -2.29. The number of nitrogens with one attached hydrogen (secondary N) is 1. The third-order valence-corrected chi connectivity index (χ3v) is 3.66. The van der Waals surface area contributed by atoms with Gasteiger partial charge in [-0.1, -0.05) is 35.9 Å². The first-order valence-electron chi connectivity index (χ1n) is 8.10. The highest BCUT2D eigenvalue weighted by Gasteiger charge is 2.15. The van der Waals surface area contributed by atoms with Gasteiger partial charge >= 0.3 is 0 Å². The van der Waals surface area contributed by atoms with Crippen molar-refractivity contribution >= 4 is 5.91 Å². The summed E-state index contributed by atoms with van der Waals surface area (Å²) in [6.07, 6.45) is 0. The van der Waals surface area contributed by atoms with E-state index in [-0.39, 0.29) is 5.91 Å². The first-order valence-corrected chi connectivity index (χ1v) is 8.10. The minimum absolute atomic E-state index is 0.257. The van der Waals surface area contributed by atoms with Gasteiger partial charge in [-0.05, 0) is 38.1 Å². The number of hydrogen-bond acceptors (Lipinski definition) is 4. The Kier molecular flexibility index (Phi) is 5.09. The molecule has 0 aliphatic heterocycles. The number of amides is 1. The summed E-state index contributed by atoms with van der Waals surface area (Å²) in [4.78, 5) is 13.7. The van der Waals surface area contributed by atoms with Crippen molar-refractivity contribution in [2.75, 3.05) is 13.2 Å². The summed E-state index contributed by atoms with van der Waals surface area (Å²) in [6, 6.07) is 17.3. The highest BCUT2D eigenvalue weighted by molar-refractivity contribution is 5.93. The lowest BCUT2D eigenvalue weighted by atomic mass is 10.2. The van der Waals surface area contributed by atoms with E-state index in [9.17, 15) is 4.79 Å². The van der Waals surface area contributed by atoms with Gasteiger partial charge in [0, 0.05) is 0 Å². The SMILES string of the molecule is Cc1ccc(OCCNC(=O)c2nn(-c3ccccc3)nc2C)cc1. The van der Waals surface area contributed by atoms with E-state index < -0.39 is 0 Å². The number of hydrogen-bond donors (Lipinski definition) is 1. The topological polar surface area (TPSA) is 69.0 Å². The van der Waals surface area contributed by atoms with E-state index in [2.05, 4.69) is 15.5 Å². The summed E-state index contributed by atoms with van der Waals surface area (Å²) in [5.41, 5.74) is 2.89. The Bertz CT molecular complexity index is 842. The van der Waals surface area contributed by atoms with Gasteiger partial charge in [-0.15, -0.1) is 5.10 Å². The van der Waals surface area contributed by atoms with Crippen LogP contribution in [0.2, 0.25) is 0 Å². The zero-order chi connectivity index (χ0) is 17.6. The lowest BCUT2D eigenvalue weighted by molar-refractivity contribution is 0.0941. The maximum absolute atomic E-state index is 12.3. The minimum Gasteiger partial charge on any atom is -0.492 e. The number of aryl methyl sites for hydroxylation is 2. The highest BCUT2D eigenvalue weighted by atomic mass is 16.5. The third-order valence-electron chi connectivity index (χ3n) is 3.66. The molecule has 3 aromatic rings. The van der Waals surface area contributed by atoms with E-state index in [1.54, 1.807) is 6.92 Å². The molecule has 0 bridgehead atoms. The summed E-state index contributed by atoms with van der Waals surface area (Å²) >= 11 is 0. The molecule has 1 N–H and O–H groups in total. The van der Waals surface area contributed by atoms with E-state index in [0.717, 1.165) is 11.4 Å². The first-order chi connectivity index (χ1) is 12.1. The fourth-order valence-corrected chi connectivity index (χ4v) is 2.32. The average Bonchev–Trinajstić information content (AvgIpc) is 3.03. The van der Waals surface area contributed by atoms with Crippen molar-refractivity contribution in [1.29, 1.82) is 0 Å². The van der Waals surface area contributed by atoms with Crippen LogP contribution in [0.15, 0.2) is 54.6 Å². The van der Waals surface area contributed by atoms with Crippen LogP contribution in [0.5, 0.6) is 5.75 Å². The van der Waals surface area contributed by atoms with Crippen LogP contribution in [-0.4, -0.2) is 34.1 Å². The molecule has 1 aromatic heterocycles. The van der Waals surface area contributed by atoms with Crippen molar-refractivity contribution in [3.63, 3.8) is 0 Å². The smallest absolute Gasteiger partial charge is 0.273 e. The summed E-state index contributed by atoms with van der Waals surface area (Å²) < 4.78 is 5.60. The molecular weight excluding hydrogens is 316 g/mol. The molecule has 0 atom stereocenters. The van der Waals surface area contributed by atoms with Gasteiger partial charge in [-0.25, -0.2) is 0 Å². The van der Waals surface area contributed by atoms with Crippen LogP contribution in [0, 0.1) is 13.8 Å². The normalized spacial score (nSPS) is 10.5. The average molecular weight is 336 g/mol. The van der Waals surface area contributed by atoms with Crippen LogP contribution < -0.4 is 10.1 Å². The molecule has 25 heavy (non-hydrogen) atoms. The fraction of sp³-hybridized carbons (Fsp3) is 0.211. The summed E-state index contributed by atoms with van der Waals surface area (Å²) in [5.74, 6) is 0.526. The molecule has 0 aliphatic rings. The monoisotopic (exact) mass is 336 g/mol. The fourth-order valence-electron chi connectivity index (χ4n) is 2.32. The Morgan fingerprint density at radius 1 is 1.04 bits per heavy atom. The van der Waals surface area contributed by atoms with Gasteiger partial charge in [0.2, 0.25) is 0 Å². The Morgan fingerprint density at radius 2 is 1.76 bits per heavy atom. The molecule has 6 heteroatoms. The van der Waals surface area contributed by atoms with E-state index in [0.29, 0.717) is 24.5 Å². The molecular formula is C19H20N4O2. The molecule has 2 aromatic carbocycles. The van der Waals surface area contributed by atoms with Crippen LogP contribution in [0.25, 0.3) is 5.69 Å². The molecule has 0 saturated carbocycles. The molecule has 6 nitrogen and oxygen atoms in total. The third kappa shape index (κ3) is 4.23. The lowest BCUT2D eigenvalue weighted by Gasteiger charge is -2.07. The molecule has 3 rings (SSSR count). The summed E-state index contributed by atoms with van der Waals surface area (Å²) in [5, 5.41) is 11.4. The predicted octanol–water partition coefficient (Wildman–Crippen LogP) is 2.69. The minimum atomic E-state index is -0.257. The van der Waals surface area contributed by atoms with Gasteiger partial charge in [0.25, 0.3) is 5.91 Å². The molecule has 128 valence electrons. The number of para-hydroxylation sites is 1. The Hall–Kier alpha value is -3.15. The second kappa shape index (κ2) is 7.61. The standard InChI is InChI=1S/C19H20N4O2/c1-14-8-10-17(11-9-14)25-13-12-20-19(24)18-15(2)21-23(22-18)16-6-4-3-5-7-16/h3-11H,12-13H2,1-2H3,(H,20,24). The maximum Gasteiger partial charge on any atom is 0.273 e. The molecule has 0 unspecified atom stereocenters. The van der Waals surface area contributed by atoms with Crippen molar-refractivity contribution in [3.05, 3.63) is 71.5 Å². The number of rotatable bonds is 6. The van der Waals surface area contributed by atoms with Gasteiger partial charge in [-0.3, -0.25) is 4.79 Å². The van der Waals surface area contributed by atoms with Crippen LogP contribution in [-0.2, 0) is 0 Å².